The quantitative estimate of drug-likeness (QED) is 0.248. The van der Waals surface area contributed by atoms with Crippen LogP contribution in [-0.2, 0) is 0 Å². The Balaban J connectivity index is 1.79. The van der Waals surface area contributed by atoms with Gasteiger partial charge in [0.1, 0.15) is 5.75 Å². The van der Waals surface area contributed by atoms with Gasteiger partial charge in [-0.2, -0.15) is 0 Å². The molecule has 0 aliphatic carbocycles. The minimum absolute atomic E-state index is 0.0877. The van der Waals surface area contributed by atoms with E-state index in [0.29, 0.717) is 11.4 Å². The fourth-order valence-electron chi connectivity index (χ4n) is 4.37. The Bertz CT molecular complexity index is 1290. The second kappa shape index (κ2) is 8.90. The number of para-hydroxylation sites is 1. The predicted octanol–water partition coefficient (Wildman–Crippen LogP) is 6.57. The average Bonchev–Trinajstić information content (AvgIpc) is 3.05. The van der Waals surface area contributed by atoms with Crippen molar-refractivity contribution in [3.63, 3.8) is 0 Å². The highest BCUT2D eigenvalue weighted by atomic mass is 16.5. The summed E-state index contributed by atoms with van der Waals surface area (Å²) in [7, 11) is 0. The lowest BCUT2D eigenvalue weighted by atomic mass is 9.92. The smallest absolute Gasteiger partial charge is 0.344 e. The first-order valence-electron chi connectivity index (χ1n) is 11.6. The Morgan fingerprint density at radius 3 is 2.00 bits per heavy atom. The fourth-order valence-corrected chi connectivity index (χ4v) is 4.37. The number of imide groups is 1. The molecule has 5 heteroatoms. The van der Waals surface area contributed by atoms with E-state index in [0.717, 1.165) is 22.3 Å². The van der Waals surface area contributed by atoms with Crippen LogP contribution in [0.15, 0.2) is 54.6 Å². The Labute approximate surface area is 200 Å². The van der Waals surface area contributed by atoms with Crippen LogP contribution in [0, 0.1) is 13.8 Å². The third kappa shape index (κ3) is 3.92. The maximum absolute atomic E-state index is 13.7. The highest BCUT2D eigenvalue weighted by Crippen LogP contribution is 2.40. The monoisotopic (exact) mass is 455 g/mol. The highest BCUT2D eigenvalue weighted by Gasteiger charge is 2.42. The summed E-state index contributed by atoms with van der Waals surface area (Å²) >= 11 is 0. The summed E-state index contributed by atoms with van der Waals surface area (Å²) in [5.41, 5.74) is 4.92. The number of benzene rings is 3. The molecule has 1 heterocycles. The number of amides is 2. The summed E-state index contributed by atoms with van der Waals surface area (Å²) in [5.74, 6) is -0.978. The van der Waals surface area contributed by atoms with Crippen LogP contribution in [0.4, 0.5) is 5.69 Å². The van der Waals surface area contributed by atoms with E-state index < -0.39 is 17.8 Å². The molecule has 3 aromatic carbocycles. The molecule has 174 valence electrons. The number of fused-ring (bicyclic) bond motifs is 1. The number of aryl methyl sites for hydroxylation is 2. The third-order valence-corrected chi connectivity index (χ3v) is 6.39. The van der Waals surface area contributed by atoms with Crippen LogP contribution >= 0.6 is 0 Å². The average molecular weight is 456 g/mol. The summed E-state index contributed by atoms with van der Waals surface area (Å²) < 4.78 is 5.59. The second-order valence-electron chi connectivity index (χ2n) is 9.40. The zero-order chi connectivity index (χ0) is 24.7. The van der Waals surface area contributed by atoms with Gasteiger partial charge in [0.2, 0.25) is 0 Å². The van der Waals surface area contributed by atoms with Crippen molar-refractivity contribution < 1.29 is 19.1 Å². The molecule has 0 unspecified atom stereocenters. The number of carbonyl (C=O) groups excluding carboxylic acids is 3. The molecule has 0 fully saturated rings. The lowest BCUT2D eigenvalue weighted by Crippen LogP contribution is -2.32. The molecule has 5 nitrogen and oxygen atoms in total. The first-order chi connectivity index (χ1) is 16.1. The maximum atomic E-state index is 13.7. The zero-order valence-electron chi connectivity index (χ0n) is 20.4. The first-order valence-corrected chi connectivity index (χ1v) is 11.6. The first kappa shape index (κ1) is 23.4. The largest absolute Gasteiger partial charge is 0.423 e. The Hall–Kier alpha value is -3.73. The van der Waals surface area contributed by atoms with Crippen molar-refractivity contribution in [2.45, 2.75) is 53.4 Å². The molecule has 0 N–H and O–H groups in total. The third-order valence-electron chi connectivity index (χ3n) is 6.39. The molecule has 0 saturated heterocycles. The summed E-state index contributed by atoms with van der Waals surface area (Å²) in [5, 5.41) is 0. The summed E-state index contributed by atoms with van der Waals surface area (Å²) in [6.07, 6.45) is 0. The Morgan fingerprint density at radius 2 is 1.41 bits per heavy atom. The van der Waals surface area contributed by atoms with E-state index >= 15 is 0 Å². The van der Waals surface area contributed by atoms with E-state index in [2.05, 4.69) is 0 Å². The molecule has 1 aliphatic rings. The maximum Gasteiger partial charge on any atom is 0.344 e. The van der Waals surface area contributed by atoms with E-state index in [9.17, 15) is 14.4 Å². The van der Waals surface area contributed by atoms with E-state index in [4.69, 9.17) is 4.74 Å². The van der Waals surface area contributed by atoms with Gasteiger partial charge in [0.15, 0.2) is 0 Å². The van der Waals surface area contributed by atoms with Gasteiger partial charge in [-0.15, -0.1) is 0 Å². The molecular formula is C29H29NO4. The van der Waals surface area contributed by atoms with Crippen molar-refractivity contribution >= 4 is 23.5 Å². The highest BCUT2D eigenvalue weighted by molar-refractivity contribution is 6.36. The normalized spacial score (nSPS) is 13.1. The van der Waals surface area contributed by atoms with Crippen molar-refractivity contribution in [3.8, 4) is 5.75 Å². The summed E-state index contributed by atoms with van der Waals surface area (Å²) in [4.78, 5) is 41.6. The van der Waals surface area contributed by atoms with Gasteiger partial charge in [0.25, 0.3) is 11.8 Å². The molecule has 0 bridgehead atoms. The van der Waals surface area contributed by atoms with E-state index in [1.807, 2.05) is 65.8 Å². The molecule has 4 rings (SSSR count). The van der Waals surface area contributed by atoms with Crippen molar-refractivity contribution in [1.29, 1.82) is 0 Å². The molecule has 0 spiro atoms. The van der Waals surface area contributed by atoms with Gasteiger partial charge in [0.05, 0.1) is 22.4 Å². The van der Waals surface area contributed by atoms with Crippen LogP contribution in [0.25, 0.3) is 0 Å². The number of ether oxygens (including phenoxy) is 1. The number of esters is 1. The van der Waals surface area contributed by atoms with Crippen molar-refractivity contribution in [2.24, 2.45) is 0 Å². The van der Waals surface area contributed by atoms with Gasteiger partial charge in [-0.1, -0.05) is 58.0 Å². The van der Waals surface area contributed by atoms with Crippen LogP contribution in [0.5, 0.6) is 5.75 Å². The summed E-state index contributed by atoms with van der Waals surface area (Å²) in [6.45, 7) is 12.1. The van der Waals surface area contributed by atoms with Gasteiger partial charge in [-0.05, 0) is 72.2 Å². The van der Waals surface area contributed by atoms with Gasteiger partial charge in [-0.3, -0.25) is 9.59 Å². The SMILES string of the molecule is Cc1ccc(OC(=O)c2cccc3c2C(=O)N(c2c(C(C)C)cccc2C(C)C)C3=O)cc1C. The van der Waals surface area contributed by atoms with Crippen molar-refractivity contribution in [3.05, 3.63) is 93.5 Å². The molecule has 0 aromatic heterocycles. The number of hydrogen-bond acceptors (Lipinski definition) is 4. The molecule has 0 radical (unpaired) electrons. The predicted molar refractivity (Wildman–Crippen MR) is 133 cm³/mol. The van der Waals surface area contributed by atoms with Crippen LogP contribution in [0.3, 0.4) is 0 Å². The standard InChI is InChI=1S/C29H29NO4/c1-16(2)21-9-7-10-22(17(3)4)26(21)30-27(31)23-11-8-12-24(25(23)28(30)32)29(33)34-20-14-13-18(5)19(6)15-20/h7-17H,1-6H3. The Morgan fingerprint density at radius 1 is 0.794 bits per heavy atom. The Kier molecular flexibility index (Phi) is 6.13. The number of nitrogens with zero attached hydrogens (tertiary/aromatic N) is 1. The van der Waals surface area contributed by atoms with Crippen LogP contribution in [0.2, 0.25) is 0 Å². The summed E-state index contributed by atoms with van der Waals surface area (Å²) in [6, 6.07) is 16.0. The van der Waals surface area contributed by atoms with Crippen LogP contribution in [0.1, 0.15) is 92.9 Å². The minimum atomic E-state index is -0.663. The second-order valence-corrected chi connectivity index (χ2v) is 9.40. The number of anilines is 1. The molecule has 1 aliphatic heterocycles. The molecule has 3 aromatic rings. The fraction of sp³-hybridized carbons (Fsp3) is 0.276. The molecular weight excluding hydrogens is 426 g/mol. The molecule has 0 saturated carbocycles. The number of rotatable bonds is 5. The minimum Gasteiger partial charge on any atom is -0.423 e. The van der Waals surface area contributed by atoms with E-state index in [1.54, 1.807) is 24.3 Å². The molecule has 0 atom stereocenters. The van der Waals surface area contributed by atoms with Crippen molar-refractivity contribution in [2.75, 3.05) is 4.90 Å². The van der Waals surface area contributed by atoms with E-state index in [1.165, 1.54) is 11.0 Å². The van der Waals surface area contributed by atoms with Crippen molar-refractivity contribution in [1.82, 2.24) is 0 Å². The van der Waals surface area contributed by atoms with Crippen LogP contribution < -0.4 is 9.64 Å². The lowest BCUT2D eigenvalue weighted by molar-refractivity contribution is 0.0729. The van der Waals surface area contributed by atoms with Gasteiger partial charge < -0.3 is 4.74 Å². The lowest BCUT2D eigenvalue weighted by Gasteiger charge is -2.25. The van der Waals surface area contributed by atoms with Gasteiger partial charge in [0, 0.05) is 0 Å². The van der Waals surface area contributed by atoms with E-state index in [-0.39, 0.29) is 28.5 Å². The van der Waals surface area contributed by atoms with Crippen LogP contribution in [-0.4, -0.2) is 17.8 Å². The number of hydrogen-bond donors (Lipinski definition) is 0. The molecule has 34 heavy (non-hydrogen) atoms. The molecule has 2 amide bonds. The van der Waals surface area contributed by atoms with Gasteiger partial charge >= 0.3 is 5.97 Å². The number of carbonyl (C=O) groups is 3. The topological polar surface area (TPSA) is 63.7 Å². The zero-order valence-corrected chi connectivity index (χ0v) is 20.4. The van der Waals surface area contributed by atoms with Gasteiger partial charge in [-0.25, -0.2) is 9.69 Å².